The van der Waals surface area contributed by atoms with E-state index >= 15 is 0 Å². The summed E-state index contributed by atoms with van der Waals surface area (Å²) in [7, 11) is 5.19. The Bertz CT molecular complexity index is 650. The van der Waals surface area contributed by atoms with Crippen LogP contribution >= 0.6 is 18.2 Å². The number of rotatable bonds is 7. The van der Waals surface area contributed by atoms with Gasteiger partial charge in [0.1, 0.15) is 6.10 Å². The summed E-state index contributed by atoms with van der Waals surface area (Å²) in [4.78, 5) is 23.8. The van der Waals surface area contributed by atoms with E-state index in [0.717, 1.165) is 12.0 Å². The van der Waals surface area contributed by atoms with Gasteiger partial charge >= 0.3 is 12.3 Å². The molecule has 1 saturated carbocycles. The standard InChI is InChI=1S/C18H23BO4P2/c20-13(7-6-12-4-2-1-3-5-12)8-9-14-15-10-18(21)22-16(15)11-17(14)23-19(24)25/h1-5,8-9,14-17H,6-7,10-11,24-25H2/b9-8+/t14-,15-,16+,17-/m1/s1. The summed E-state index contributed by atoms with van der Waals surface area (Å²) in [5.74, 6) is 0.116. The van der Waals surface area contributed by atoms with Gasteiger partial charge in [0.2, 0.25) is 0 Å². The van der Waals surface area contributed by atoms with Crippen molar-refractivity contribution in [2.24, 2.45) is 11.8 Å². The minimum Gasteiger partial charge on any atom is -0.462 e. The highest BCUT2D eigenvalue weighted by Crippen LogP contribution is 2.44. The molecule has 25 heavy (non-hydrogen) atoms. The zero-order chi connectivity index (χ0) is 17.8. The topological polar surface area (TPSA) is 52.6 Å². The SMILES string of the molecule is O=C(/C=C/[C@@H]1[C@H]2CC(=O)O[C@H]2C[C@H]1OB(P)P)CCc1ccccc1. The summed E-state index contributed by atoms with van der Waals surface area (Å²) in [5.41, 5.74) is 1.16. The van der Waals surface area contributed by atoms with Crippen LogP contribution in [0, 0.1) is 11.8 Å². The molecule has 1 aromatic rings. The lowest BCUT2D eigenvalue weighted by Gasteiger charge is -2.21. The summed E-state index contributed by atoms with van der Waals surface area (Å²) < 4.78 is 11.3. The van der Waals surface area contributed by atoms with Crippen LogP contribution in [0.25, 0.3) is 0 Å². The maximum absolute atomic E-state index is 12.2. The highest BCUT2D eigenvalue weighted by atomic mass is 31.1. The van der Waals surface area contributed by atoms with Gasteiger partial charge in [-0.1, -0.05) is 36.4 Å². The van der Waals surface area contributed by atoms with Gasteiger partial charge in [0.05, 0.1) is 12.5 Å². The number of ketones is 1. The second-order valence-corrected chi connectivity index (χ2v) is 8.74. The third kappa shape index (κ3) is 5.00. The van der Waals surface area contributed by atoms with E-state index in [1.165, 1.54) is 0 Å². The van der Waals surface area contributed by atoms with Crippen LogP contribution < -0.4 is 0 Å². The molecule has 1 heterocycles. The fourth-order valence-corrected chi connectivity index (χ4v) is 4.13. The van der Waals surface area contributed by atoms with Gasteiger partial charge in [-0.25, -0.2) is 0 Å². The predicted molar refractivity (Wildman–Crippen MR) is 105 cm³/mol. The van der Waals surface area contributed by atoms with Gasteiger partial charge in [0, 0.05) is 24.7 Å². The lowest BCUT2D eigenvalue weighted by Crippen LogP contribution is -2.24. The molecule has 6 atom stereocenters. The maximum Gasteiger partial charge on any atom is 0.336 e. The highest BCUT2D eigenvalue weighted by molar-refractivity contribution is 7.92. The number of carbonyl (C=O) groups is 2. The molecule has 1 aliphatic heterocycles. The number of fused-ring (bicyclic) bond motifs is 1. The van der Waals surface area contributed by atoms with Gasteiger partial charge in [-0.05, 0) is 18.1 Å². The molecule has 0 amide bonds. The fraction of sp³-hybridized carbons (Fsp3) is 0.444. The molecular formula is C18H23BO4P2. The van der Waals surface area contributed by atoms with Crippen LogP contribution in [-0.4, -0.2) is 30.3 Å². The summed E-state index contributed by atoms with van der Waals surface area (Å²) in [6.45, 7) is 0. The quantitative estimate of drug-likeness (QED) is 0.318. The van der Waals surface area contributed by atoms with Crippen LogP contribution in [-0.2, 0) is 25.4 Å². The molecule has 2 aliphatic rings. The zero-order valence-corrected chi connectivity index (χ0v) is 16.4. The average molecular weight is 376 g/mol. The molecule has 0 radical (unpaired) electrons. The van der Waals surface area contributed by atoms with Crippen LogP contribution in [0.1, 0.15) is 24.8 Å². The van der Waals surface area contributed by atoms with Crippen molar-refractivity contribution in [1.29, 1.82) is 0 Å². The van der Waals surface area contributed by atoms with Gasteiger partial charge < -0.3 is 9.39 Å². The molecule has 0 spiro atoms. The van der Waals surface area contributed by atoms with Gasteiger partial charge in [-0.2, -0.15) is 0 Å². The van der Waals surface area contributed by atoms with Crippen molar-refractivity contribution in [1.82, 2.24) is 0 Å². The highest BCUT2D eigenvalue weighted by Gasteiger charge is 2.49. The number of hydrogen-bond donors (Lipinski definition) is 0. The number of hydrogen-bond acceptors (Lipinski definition) is 4. The lowest BCUT2D eigenvalue weighted by atomic mass is 9.91. The number of ether oxygens (including phenoxy) is 1. The van der Waals surface area contributed by atoms with Crippen LogP contribution in [0.15, 0.2) is 42.5 Å². The molecule has 1 saturated heterocycles. The molecule has 2 unspecified atom stereocenters. The second-order valence-electron chi connectivity index (χ2n) is 6.66. The van der Waals surface area contributed by atoms with E-state index < -0.39 is 0 Å². The molecule has 2 fully saturated rings. The maximum atomic E-state index is 12.2. The first-order valence-electron chi connectivity index (χ1n) is 8.64. The summed E-state index contributed by atoms with van der Waals surface area (Å²) in [5, 5.41) is 0. The molecule has 1 aromatic carbocycles. The Labute approximate surface area is 153 Å². The van der Waals surface area contributed by atoms with Crippen molar-refractivity contribution < 1.29 is 19.0 Å². The number of benzene rings is 1. The van der Waals surface area contributed by atoms with E-state index in [1.807, 2.05) is 36.4 Å². The Morgan fingerprint density at radius 2 is 2.08 bits per heavy atom. The second kappa shape index (κ2) is 8.58. The molecule has 132 valence electrons. The van der Waals surface area contributed by atoms with Gasteiger partial charge in [-0.15, -0.1) is 18.2 Å². The summed E-state index contributed by atoms with van der Waals surface area (Å²) in [6, 6.07) is 9.99. The number of allylic oxidation sites excluding steroid dienone is 1. The van der Waals surface area contributed by atoms with E-state index in [-0.39, 0.29) is 42.2 Å². The first kappa shape index (κ1) is 18.8. The number of aryl methyl sites for hydroxylation is 1. The molecule has 0 aromatic heterocycles. The van der Waals surface area contributed by atoms with Crippen molar-refractivity contribution in [3.8, 4) is 0 Å². The molecule has 1 aliphatic carbocycles. The third-order valence-corrected chi connectivity index (χ3v) is 5.20. The van der Waals surface area contributed by atoms with Crippen molar-refractivity contribution in [3.05, 3.63) is 48.0 Å². The Hall–Kier alpha value is -1.02. The van der Waals surface area contributed by atoms with Crippen molar-refractivity contribution in [2.45, 2.75) is 37.9 Å². The Morgan fingerprint density at radius 3 is 2.80 bits per heavy atom. The van der Waals surface area contributed by atoms with Crippen molar-refractivity contribution in [3.63, 3.8) is 0 Å². The molecule has 4 nitrogen and oxygen atoms in total. The first-order valence-corrected chi connectivity index (χ1v) is 9.97. The Balaban J connectivity index is 1.60. The monoisotopic (exact) mass is 376 g/mol. The van der Waals surface area contributed by atoms with Crippen LogP contribution in [0.3, 0.4) is 0 Å². The van der Waals surface area contributed by atoms with E-state index in [0.29, 0.717) is 19.3 Å². The van der Waals surface area contributed by atoms with E-state index in [9.17, 15) is 9.59 Å². The molecular weight excluding hydrogens is 353 g/mol. The van der Waals surface area contributed by atoms with Gasteiger partial charge in [-0.3, -0.25) is 9.59 Å². The van der Waals surface area contributed by atoms with E-state index in [2.05, 4.69) is 18.2 Å². The van der Waals surface area contributed by atoms with Crippen molar-refractivity contribution in [2.75, 3.05) is 0 Å². The minimum atomic E-state index is -0.143. The van der Waals surface area contributed by atoms with Crippen LogP contribution in [0.5, 0.6) is 0 Å². The van der Waals surface area contributed by atoms with Crippen LogP contribution in [0.4, 0.5) is 0 Å². The van der Waals surface area contributed by atoms with E-state index in [1.54, 1.807) is 6.08 Å². The Morgan fingerprint density at radius 1 is 1.32 bits per heavy atom. The Kier molecular flexibility index (Phi) is 6.44. The smallest absolute Gasteiger partial charge is 0.336 e. The molecule has 0 N–H and O–H groups in total. The van der Waals surface area contributed by atoms with Gasteiger partial charge in [0.15, 0.2) is 5.78 Å². The fourth-order valence-electron chi connectivity index (χ4n) is 3.73. The minimum absolute atomic E-state index is 0.0266. The zero-order valence-electron chi connectivity index (χ0n) is 14.0. The third-order valence-electron chi connectivity index (χ3n) is 4.89. The predicted octanol–water partition coefficient (Wildman–Crippen LogP) is 2.82. The van der Waals surface area contributed by atoms with Crippen molar-refractivity contribution >= 4 is 36.3 Å². The molecule has 7 heteroatoms. The largest absolute Gasteiger partial charge is 0.462 e. The summed E-state index contributed by atoms with van der Waals surface area (Å²) >= 11 is 0. The molecule has 0 bridgehead atoms. The average Bonchev–Trinajstić information content (AvgIpc) is 3.07. The normalized spacial score (nSPS) is 28.2. The summed E-state index contributed by atoms with van der Waals surface area (Å²) in [6.07, 6.45) is 5.77. The first-order chi connectivity index (χ1) is 12.0. The number of carbonyl (C=O) groups excluding carboxylic acids is 2. The molecule has 3 rings (SSSR count). The van der Waals surface area contributed by atoms with E-state index in [4.69, 9.17) is 9.39 Å². The van der Waals surface area contributed by atoms with Crippen LogP contribution in [0.2, 0.25) is 0 Å². The number of esters is 1. The lowest BCUT2D eigenvalue weighted by molar-refractivity contribution is -0.141. The van der Waals surface area contributed by atoms with Gasteiger partial charge in [0.25, 0.3) is 0 Å².